The zero-order chi connectivity index (χ0) is 14.0. The van der Waals surface area contributed by atoms with Crippen molar-refractivity contribution in [2.24, 2.45) is 17.1 Å². The van der Waals surface area contributed by atoms with Gasteiger partial charge in [-0.1, -0.05) is 40.5 Å². The standard InChI is InChI=1S/C17H30N2/c1-13(2)7-5-6-9-19-10-8-14-15(18)11-17(3,4)12-16(14)19/h8,10,13,15H,5-7,9,11-12,18H2,1-4H3. The van der Waals surface area contributed by atoms with E-state index in [9.17, 15) is 0 Å². The maximum absolute atomic E-state index is 6.32. The van der Waals surface area contributed by atoms with Gasteiger partial charge < -0.3 is 10.3 Å². The van der Waals surface area contributed by atoms with Gasteiger partial charge in [-0.15, -0.1) is 0 Å². The first-order chi connectivity index (χ1) is 8.89. The third-order valence-electron chi connectivity index (χ3n) is 4.36. The minimum atomic E-state index is 0.232. The molecule has 1 aliphatic carbocycles. The fourth-order valence-corrected chi connectivity index (χ4v) is 3.34. The second-order valence-electron chi connectivity index (χ2n) is 7.45. The number of hydrogen-bond donors (Lipinski definition) is 1. The van der Waals surface area contributed by atoms with E-state index >= 15 is 0 Å². The summed E-state index contributed by atoms with van der Waals surface area (Å²) in [5.41, 5.74) is 9.55. The molecule has 0 amide bonds. The molecule has 0 saturated carbocycles. The van der Waals surface area contributed by atoms with Crippen LogP contribution < -0.4 is 5.73 Å². The number of unbranched alkanes of at least 4 members (excludes halogenated alkanes) is 1. The molecule has 1 atom stereocenters. The Bertz CT molecular complexity index is 415. The van der Waals surface area contributed by atoms with Crippen LogP contribution in [0.5, 0.6) is 0 Å². The summed E-state index contributed by atoms with van der Waals surface area (Å²) >= 11 is 0. The van der Waals surface area contributed by atoms with Crippen LogP contribution in [0, 0.1) is 11.3 Å². The van der Waals surface area contributed by atoms with Gasteiger partial charge in [-0.2, -0.15) is 0 Å². The van der Waals surface area contributed by atoms with Crippen molar-refractivity contribution in [2.45, 2.75) is 72.4 Å². The van der Waals surface area contributed by atoms with Crippen molar-refractivity contribution < 1.29 is 0 Å². The van der Waals surface area contributed by atoms with Crippen molar-refractivity contribution >= 4 is 0 Å². The summed E-state index contributed by atoms with van der Waals surface area (Å²) in [6.45, 7) is 10.4. The summed E-state index contributed by atoms with van der Waals surface area (Å²) in [5, 5.41) is 0. The number of aromatic nitrogens is 1. The highest BCUT2D eigenvalue weighted by Gasteiger charge is 2.32. The SMILES string of the molecule is CC(C)CCCCn1ccc2c1CC(C)(C)CC2N. The number of nitrogens with two attached hydrogens (primary N) is 1. The Hall–Kier alpha value is -0.760. The number of rotatable bonds is 5. The Labute approximate surface area is 118 Å². The molecule has 0 fully saturated rings. The smallest absolute Gasteiger partial charge is 0.0318 e. The first-order valence-corrected chi connectivity index (χ1v) is 7.82. The van der Waals surface area contributed by atoms with Crippen molar-refractivity contribution in [1.29, 1.82) is 0 Å². The van der Waals surface area contributed by atoms with E-state index in [2.05, 4.69) is 44.5 Å². The van der Waals surface area contributed by atoms with Crippen LogP contribution in [0.25, 0.3) is 0 Å². The van der Waals surface area contributed by atoms with Crippen LogP contribution in [0.15, 0.2) is 12.3 Å². The third-order valence-corrected chi connectivity index (χ3v) is 4.36. The molecule has 1 unspecified atom stereocenters. The fraction of sp³-hybridized carbons (Fsp3) is 0.765. The van der Waals surface area contributed by atoms with Crippen LogP contribution in [0.1, 0.15) is 70.7 Å². The lowest BCUT2D eigenvalue weighted by Crippen LogP contribution is -2.30. The maximum Gasteiger partial charge on any atom is 0.0318 e. The molecule has 0 spiro atoms. The van der Waals surface area contributed by atoms with Gasteiger partial charge in [0.05, 0.1) is 0 Å². The molecule has 2 heteroatoms. The van der Waals surface area contributed by atoms with E-state index in [0.29, 0.717) is 5.41 Å². The summed E-state index contributed by atoms with van der Waals surface area (Å²) in [5.74, 6) is 0.825. The Morgan fingerprint density at radius 3 is 2.79 bits per heavy atom. The highest BCUT2D eigenvalue weighted by Crippen LogP contribution is 2.40. The van der Waals surface area contributed by atoms with Crippen molar-refractivity contribution in [1.82, 2.24) is 4.57 Å². The van der Waals surface area contributed by atoms with E-state index in [1.165, 1.54) is 36.9 Å². The fourth-order valence-electron chi connectivity index (χ4n) is 3.34. The molecule has 1 aliphatic rings. The molecule has 2 N–H and O–H groups in total. The average Bonchev–Trinajstić information content (AvgIpc) is 2.66. The topological polar surface area (TPSA) is 30.9 Å². The van der Waals surface area contributed by atoms with Gasteiger partial charge in [0.2, 0.25) is 0 Å². The normalized spacial score (nSPS) is 21.7. The van der Waals surface area contributed by atoms with Crippen LogP contribution in [0.4, 0.5) is 0 Å². The predicted octanol–water partition coefficient (Wildman–Crippen LogP) is 4.29. The molecule has 2 nitrogen and oxygen atoms in total. The highest BCUT2D eigenvalue weighted by molar-refractivity contribution is 5.30. The largest absolute Gasteiger partial charge is 0.351 e. The molecular weight excluding hydrogens is 232 g/mol. The lowest BCUT2D eigenvalue weighted by atomic mass is 9.74. The van der Waals surface area contributed by atoms with Crippen molar-refractivity contribution in [3.05, 3.63) is 23.5 Å². The summed E-state index contributed by atoms with van der Waals surface area (Å²) < 4.78 is 2.45. The molecule has 0 radical (unpaired) electrons. The van der Waals surface area contributed by atoms with E-state index in [1.54, 1.807) is 0 Å². The quantitative estimate of drug-likeness (QED) is 0.789. The van der Waals surface area contributed by atoms with Crippen LogP contribution in [-0.4, -0.2) is 4.57 Å². The van der Waals surface area contributed by atoms with Gasteiger partial charge in [0.15, 0.2) is 0 Å². The van der Waals surface area contributed by atoms with Gasteiger partial charge in [-0.05, 0) is 42.2 Å². The lowest BCUT2D eigenvalue weighted by molar-refractivity contribution is 0.274. The average molecular weight is 262 g/mol. The molecule has 1 aromatic rings. The van der Waals surface area contributed by atoms with Gasteiger partial charge in [0.25, 0.3) is 0 Å². The van der Waals surface area contributed by atoms with Gasteiger partial charge in [0.1, 0.15) is 0 Å². The summed E-state index contributed by atoms with van der Waals surface area (Å²) in [6, 6.07) is 2.48. The zero-order valence-electron chi connectivity index (χ0n) is 13.1. The van der Waals surface area contributed by atoms with E-state index < -0.39 is 0 Å². The molecule has 0 aliphatic heterocycles. The first kappa shape index (κ1) is 14.6. The Balaban J connectivity index is 2.00. The van der Waals surface area contributed by atoms with Crippen molar-refractivity contribution in [2.75, 3.05) is 0 Å². The first-order valence-electron chi connectivity index (χ1n) is 7.82. The molecule has 108 valence electrons. The number of nitrogens with zero attached hydrogens (tertiary/aromatic N) is 1. The monoisotopic (exact) mass is 262 g/mol. The maximum atomic E-state index is 6.32. The van der Waals surface area contributed by atoms with Gasteiger partial charge in [-0.25, -0.2) is 0 Å². The molecule has 1 aromatic heterocycles. The van der Waals surface area contributed by atoms with E-state index in [0.717, 1.165) is 18.9 Å². The molecule has 1 heterocycles. The van der Waals surface area contributed by atoms with Gasteiger partial charge in [-0.3, -0.25) is 0 Å². The van der Waals surface area contributed by atoms with Crippen LogP contribution >= 0.6 is 0 Å². The Kier molecular flexibility index (Phi) is 4.39. The molecule has 0 bridgehead atoms. The number of fused-ring (bicyclic) bond motifs is 1. The Morgan fingerprint density at radius 1 is 1.37 bits per heavy atom. The minimum Gasteiger partial charge on any atom is -0.351 e. The summed E-state index contributed by atoms with van der Waals surface area (Å²) in [4.78, 5) is 0. The lowest BCUT2D eigenvalue weighted by Gasteiger charge is -2.34. The van der Waals surface area contributed by atoms with Crippen LogP contribution in [0.2, 0.25) is 0 Å². The second kappa shape index (κ2) is 5.70. The Morgan fingerprint density at radius 2 is 2.11 bits per heavy atom. The van der Waals surface area contributed by atoms with E-state index in [1.807, 2.05) is 0 Å². The molecule has 19 heavy (non-hydrogen) atoms. The number of aryl methyl sites for hydroxylation is 1. The molecule has 0 aromatic carbocycles. The van der Waals surface area contributed by atoms with Crippen molar-refractivity contribution in [3.63, 3.8) is 0 Å². The number of hydrogen-bond acceptors (Lipinski definition) is 1. The molecule has 0 saturated heterocycles. The van der Waals surface area contributed by atoms with Crippen LogP contribution in [0.3, 0.4) is 0 Å². The third kappa shape index (κ3) is 3.62. The highest BCUT2D eigenvalue weighted by atomic mass is 15.0. The van der Waals surface area contributed by atoms with E-state index in [4.69, 9.17) is 5.73 Å². The zero-order valence-corrected chi connectivity index (χ0v) is 13.1. The van der Waals surface area contributed by atoms with Gasteiger partial charge >= 0.3 is 0 Å². The van der Waals surface area contributed by atoms with Crippen molar-refractivity contribution in [3.8, 4) is 0 Å². The summed E-state index contributed by atoms with van der Waals surface area (Å²) in [7, 11) is 0. The molecule has 2 rings (SSSR count). The second-order valence-corrected chi connectivity index (χ2v) is 7.45. The predicted molar refractivity (Wildman–Crippen MR) is 82.2 cm³/mol. The summed E-state index contributed by atoms with van der Waals surface area (Å²) in [6.07, 6.45) is 8.50. The molecular formula is C17H30N2. The van der Waals surface area contributed by atoms with E-state index in [-0.39, 0.29) is 6.04 Å². The van der Waals surface area contributed by atoms with Crippen LogP contribution in [-0.2, 0) is 13.0 Å². The minimum absolute atomic E-state index is 0.232. The van der Waals surface area contributed by atoms with Gasteiger partial charge in [0, 0.05) is 24.5 Å².